The summed E-state index contributed by atoms with van der Waals surface area (Å²) in [6.45, 7) is 4.03. The van der Waals surface area contributed by atoms with Crippen LogP contribution in [0.4, 0.5) is 0 Å². The Kier molecular flexibility index (Phi) is 6.73. The number of nitrogens with one attached hydrogen (secondary N) is 1. The van der Waals surface area contributed by atoms with E-state index in [0.29, 0.717) is 29.0 Å². The molecular weight excluding hydrogens is 448 g/mol. The number of amides is 1. The number of nitrogens with zero attached hydrogens (tertiary/aromatic N) is 1. The molecule has 0 aliphatic carbocycles. The molecule has 180 valence electrons. The van der Waals surface area contributed by atoms with E-state index in [9.17, 15) is 19.8 Å². The van der Waals surface area contributed by atoms with Crippen molar-refractivity contribution in [2.45, 2.75) is 26.4 Å². The molecule has 1 unspecified atom stereocenters. The van der Waals surface area contributed by atoms with E-state index in [1.807, 2.05) is 6.07 Å². The normalized spacial score (nSPS) is 17.0. The fraction of sp³-hybridized carbons (Fsp3) is 0.222. The second-order valence-corrected chi connectivity index (χ2v) is 8.18. The van der Waals surface area contributed by atoms with E-state index >= 15 is 0 Å². The highest BCUT2D eigenvalue weighted by molar-refractivity contribution is 6.46. The molecule has 1 amide bonds. The molecule has 8 nitrogen and oxygen atoms in total. The quantitative estimate of drug-likeness (QED) is 0.307. The molecule has 0 bridgehead atoms. The van der Waals surface area contributed by atoms with Gasteiger partial charge in [0.05, 0.1) is 31.9 Å². The van der Waals surface area contributed by atoms with Crippen LogP contribution in [-0.2, 0) is 16.1 Å². The van der Waals surface area contributed by atoms with Crippen molar-refractivity contribution >= 4 is 17.4 Å². The van der Waals surface area contributed by atoms with Crippen molar-refractivity contribution in [3.05, 3.63) is 88.8 Å². The van der Waals surface area contributed by atoms with Gasteiger partial charge in [0.15, 0.2) is 23.9 Å². The second-order valence-electron chi connectivity index (χ2n) is 8.18. The predicted molar refractivity (Wildman–Crippen MR) is 128 cm³/mol. The number of ketones is 1. The van der Waals surface area contributed by atoms with Crippen molar-refractivity contribution in [2.24, 2.45) is 0 Å². The number of hydrogen-bond donors (Lipinski definition) is 2. The molecule has 1 aliphatic heterocycles. The number of aromatic nitrogens is 1. The zero-order valence-electron chi connectivity index (χ0n) is 19.7. The minimum Gasteiger partial charge on any atom is -0.507 e. The summed E-state index contributed by atoms with van der Waals surface area (Å²) < 4.78 is 10.8. The Morgan fingerprint density at radius 2 is 1.94 bits per heavy atom. The summed E-state index contributed by atoms with van der Waals surface area (Å²) in [5.74, 6) is -1.01. The lowest BCUT2D eigenvalue weighted by Gasteiger charge is -2.25. The van der Waals surface area contributed by atoms with E-state index in [0.717, 1.165) is 5.56 Å². The molecule has 1 saturated heterocycles. The van der Waals surface area contributed by atoms with Gasteiger partial charge in [0.2, 0.25) is 0 Å². The summed E-state index contributed by atoms with van der Waals surface area (Å²) in [5.41, 5.74) is 2.38. The average Bonchev–Trinajstić information content (AvgIpc) is 3.10. The first-order valence-corrected chi connectivity index (χ1v) is 11.2. The van der Waals surface area contributed by atoms with Crippen molar-refractivity contribution in [3.63, 3.8) is 0 Å². The van der Waals surface area contributed by atoms with Crippen LogP contribution in [0, 0.1) is 6.92 Å². The van der Waals surface area contributed by atoms with E-state index in [1.165, 1.54) is 11.0 Å². The number of aromatic hydroxyl groups is 1. The molecule has 35 heavy (non-hydrogen) atoms. The van der Waals surface area contributed by atoms with Crippen LogP contribution in [0.25, 0.3) is 5.76 Å². The smallest absolute Gasteiger partial charge is 0.295 e. The molecule has 3 aromatic rings. The Hall–Kier alpha value is -4.33. The Balaban J connectivity index is 1.90. The first-order chi connectivity index (χ1) is 16.8. The molecule has 1 atom stereocenters. The van der Waals surface area contributed by atoms with Gasteiger partial charge < -0.3 is 24.6 Å². The molecule has 3 N–H and O–H groups in total. The van der Waals surface area contributed by atoms with Crippen molar-refractivity contribution in [1.29, 1.82) is 0 Å². The molecule has 0 saturated carbocycles. The molecule has 1 fully saturated rings. The molecule has 8 heteroatoms. The van der Waals surface area contributed by atoms with E-state index in [2.05, 4.69) is 4.98 Å². The monoisotopic (exact) mass is 475 g/mol. The third-order valence-electron chi connectivity index (χ3n) is 5.95. The van der Waals surface area contributed by atoms with Gasteiger partial charge in [-0.15, -0.1) is 0 Å². The molecular formula is C27H27N2O6+. The Morgan fingerprint density at radius 3 is 2.60 bits per heavy atom. The van der Waals surface area contributed by atoms with Crippen LogP contribution < -0.4 is 14.5 Å². The third-order valence-corrected chi connectivity index (χ3v) is 5.95. The first-order valence-electron chi connectivity index (χ1n) is 11.2. The van der Waals surface area contributed by atoms with Crippen LogP contribution >= 0.6 is 0 Å². The molecule has 1 aromatic heterocycles. The van der Waals surface area contributed by atoms with Gasteiger partial charge in [0.25, 0.3) is 11.7 Å². The predicted octanol–water partition coefficient (Wildman–Crippen LogP) is 3.54. The van der Waals surface area contributed by atoms with Gasteiger partial charge in [0.1, 0.15) is 11.5 Å². The number of hydrogen-bond acceptors (Lipinski definition) is 6. The highest BCUT2D eigenvalue weighted by Gasteiger charge is 2.46. The Labute approximate surface area is 203 Å². The maximum atomic E-state index is 13.3. The number of likely N-dealkylation sites (tertiary alicyclic amines) is 1. The van der Waals surface area contributed by atoms with Crippen LogP contribution in [0.1, 0.15) is 35.2 Å². The lowest BCUT2D eigenvalue weighted by molar-refractivity contribution is -0.378. The SMILES string of the molecule is CCOc1cc(C2C(=C(O)c3ccc(OC)cc3C)C(=O)C(=O)N2Cc2ccc[nH+]c2)ccc1O. The topological polar surface area (TPSA) is 110 Å². The van der Waals surface area contributed by atoms with E-state index < -0.39 is 17.7 Å². The molecule has 2 heterocycles. The van der Waals surface area contributed by atoms with Gasteiger partial charge >= 0.3 is 0 Å². The summed E-state index contributed by atoms with van der Waals surface area (Å²) >= 11 is 0. The first kappa shape index (κ1) is 23.8. The number of aliphatic hydroxyl groups excluding tert-OH is 1. The van der Waals surface area contributed by atoms with Gasteiger partial charge in [-0.25, -0.2) is 4.98 Å². The number of carbonyl (C=O) groups excluding carboxylic acids is 2. The highest BCUT2D eigenvalue weighted by atomic mass is 16.5. The number of pyridine rings is 1. The maximum absolute atomic E-state index is 13.3. The average molecular weight is 476 g/mol. The van der Waals surface area contributed by atoms with E-state index in [1.54, 1.807) is 69.7 Å². The summed E-state index contributed by atoms with van der Waals surface area (Å²) in [7, 11) is 1.54. The van der Waals surface area contributed by atoms with Gasteiger partial charge in [-0.1, -0.05) is 6.07 Å². The van der Waals surface area contributed by atoms with E-state index in [-0.39, 0.29) is 29.4 Å². The van der Waals surface area contributed by atoms with Gasteiger partial charge in [0, 0.05) is 17.2 Å². The Morgan fingerprint density at radius 1 is 1.14 bits per heavy atom. The number of methoxy groups -OCH3 is 1. The number of Topliss-reactive ketones (excluding diaryl/α,β-unsaturated/α-hetero) is 1. The minimum atomic E-state index is -0.892. The number of phenolic OH excluding ortho intramolecular Hbond substituents is 1. The molecule has 1 aliphatic rings. The van der Waals surface area contributed by atoms with Gasteiger partial charge in [-0.3, -0.25) is 9.59 Å². The van der Waals surface area contributed by atoms with Crippen LogP contribution in [0.5, 0.6) is 17.2 Å². The summed E-state index contributed by atoms with van der Waals surface area (Å²) in [6, 6.07) is 12.5. The van der Waals surface area contributed by atoms with Crippen molar-refractivity contribution < 1.29 is 34.3 Å². The van der Waals surface area contributed by atoms with E-state index in [4.69, 9.17) is 9.47 Å². The van der Waals surface area contributed by atoms with Crippen molar-refractivity contribution in [2.75, 3.05) is 13.7 Å². The fourth-order valence-electron chi connectivity index (χ4n) is 4.26. The minimum absolute atomic E-state index is 0.0312. The van der Waals surface area contributed by atoms with Gasteiger partial charge in [-0.05, 0) is 61.4 Å². The van der Waals surface area contributed by atoms with Crippen LogP contribution in [0.2, 0.25) is 0 Å². The molecule has 0 radical (unpaired) electrons. The molecule has 4 rings (SSSR count). The van der Waals surface area contributed by atoms with Gasteiger partial charge in [-0.2, -0.15) is 0 Å². The number of H-pyrrole nitrogens is 1. The standard InChI is InChI=1S/C27H26N2O6/c1-4-35-22-13-18(7-10-21(22)30)24-23(25(31)20-9-8-19(34-3)12-16(20)2)26(32)27(33)29(24)15-17-6-5-11-28-14-17/h5-14,24,30-31H,4,15H2,1-3H3/p+1. The van der Waals surface area contributed by atoms with Crippen LogP contribution in [0.3, 0.4) is 0 Å². The third kappa shape index (κ3) is 4.55. The number of aryl methyl sites for hydroxylation is 1. The number of phenols is 1. The van der Waals surface area contributed by atoms with Crippen molar-refractivity contribution in [3.8, 4) is 17.2 Å². The maximum Gasteiger partial charge on any atom is 0.295 e. The zero-order valence-corrected chi connectivity index (χ0v) is 19.7. The van der Waals surface area contributed by atoms with Crippen molar-refractivity contribution in [1.82, 2.24) is 4.90 Å². The summed E-state index contributed by atoms with van der Waals surface area (Å²) in [5, 5.41) is 21.6. The molecule has 0 spiro atoms. The number of carbonyl (C=O) groups is 2. The number of rotatable bonds is 7. The number of ether oxygens (including phenoxy) is 2. The summed E-state index contributed by atoms with van der Waals surface area (Å²) in [4.78, 5) is 30.9. The number of aromatic amines is 1. The largest absolute Gasteiger partial charge is 0.507 e. The van der Waals surface area contributed by atoms with Crippen LogP contribution in [0.15, 0.2) is 66.5 Å². The highest BCUT2D eigenvalue weighted by Crippen LogP contribution is 2.43. The fourth-order valence-corrected chi connectivity index (χ4v) is 4.26. The lowest BCUT2D eigenvalue weighted by atomic mass is 9.93. The molecule has 2 aromatic carbocycles. The zero-order chi connectivity index (χ0) is 25.1. The number of benzene rings is 2. The van der Waals surface area contributed by atoms with Crippen LogP contribution in [-0.4, -0.2) is 40.5 Å². The lowest BCUT2D eigenvalue weighted by Crippen LogP contribution is -2.29. The second kappa shape index (κ2) is 9.89. The number of aliphatic hydroxyl groups is 1. The summed E-state index contributed by atoms with van der Waals surface area (Å²) in [6.07, 6.45) is 3.49. The Bertz CT molecular complexity index is 1300.